The van der Waals surface area contributed by atoms with E-state index in [1.807, 2.05) is 10.3 Å². The van der Waals surface area contributed by atoms with E-state index in [2.05, 4.69) is 11.1 Å². The van der Waals surface area contributed by atoms with Crippen molar-refractivity contribution >= 4 is 28.1 Å². The average molecular weight is 260 g/mol. The molecule has 0 aliphatic carbocycles. The Morgan fingerprint density at radius 1 is 1.62 bits per heavy atom. The highest BCUT2D eigenvalue weighted by Gasteiger charge is 2.10. The summed E-state index contributed by atoms with van der Waals surface area (Å²) < 4.78 is 5.03. The Bertz CT molecular complexity index is 350. The molecule has 1 rings (SSSR count). The number of thiazole rings is 1. The number of nitrogens with zero attached hydrogens (tertiary/aromatic N) is 3. The molecule has 1 heterocycles. The first-order valence-corrected chi connectivity index (χ1v) is 6.34. The molecule has 0 atom stereocenters. The first-order valence-electron chi connectivity index (χ1n) is 4.93. The summed E-state index contributed by atoms with van der Waals surface area (Å²) in [5.74, 6) is 0.423. The van der Waals surface area contributed by atoms with Crippen molar-refractivity contribution < 1.29 is 4.74 Å². The van der Waals surface area contributed by atoms with Gasteiger partial charge in [0, 0.05) is 25.6 Å². The monoisotopic (exact) mass is 259 g/mol. The van der Waals surface area contributed by atoms with Gasteiger partial charge in [-0.15, -0.1) is 22.9 Å². The van der Waals surface area contributed by atoms with Crippen LogP contribution in [0.4, 0.5) is 5.13 Å². The number of anilines is 1. The van der Waals surface area contributed by atoms with E-state index in [4.69, 9.17) is 21.6 Å². The van der Waals surface area contributed by atoms with Gasteiger partial charge < -0.3 is 9.64 Å². The van der Waals surface area contributed by atoms with Crippen LogP contribution in [0.1, 0.15) is 12.1 Å². The Morgan fingerprint density at radius 2 is 2.44 bits per heavy atom. The Hall–Kier alpha value is -0.830. The molecule has 0 saturated heterocycles. The molecule has 0 radical (unpaired) electrons. The van der Waals surface area contributed by atoms with Gasteiger partial charge in [-0.3, -0.25) is 0 Å². The fourth-order valence-corrected chi connectivity index (χ4v) is 2.30. The number of hydrogen-bond donors (Lipinski definition) is 0. The second-order valence-corrected chi connectivity index (χ2v) is 4.25. The highest BCUT2D eigenvalue weighted by atomic mass is 35.5. The van der Waals surface area contributed by atoms with Crippen LogP contribution in [0.25, 0.3) is 0 Å². The summed E-state index contributed by atoms with van der Waals surface area (Å²) in [7, 11) is 1.66. The Morgan fingerprint density at radius 3 is 3.00 bits per heavy atom. The average Bonchev–Trinajstić information content (AvgIpc) is 2.78. The summed E-state index contributed by atoms with van der Waals surface area (Å²) in [4.78, 5) is 6.43. The maximum atomic E-state index is 8.59. The third kappa shape index (κ3) is 3.97. The minimum absolute atomic E-state index is 0.423. The highest BCUT2D eigenvalue weighted by molar-refractivity contribution is 7.13. The lowest BCUT2D eigenvalue weighted by Gasteiger charge is -2.19. The molecule has 0 fully saturated rings. The van der Waals surface area contributed by atoms with Crippen LogP contribution >= 0.6 is 22.9 Å². The third-order valence-corrected chi connectivity index (χ3v) is 3.23. The predicted molar refractivity (Wildman–Crippen MR) is 66.0 cm³/mol. The summed E-state index contributed by atoms with van der Waals surface area (Å²) in [5, 5.41) is 11.4. The molecule has 1 aromatic heterocycles. The highest BCUT2D eigenvalue weighted by Crippen LogP contribution is 2.21. The molecule has 0 unspecified atom stereocenters. The van der Waals surface area contributed by atoms with Crippen molar-refractivity contribution in [3.05, 3.63) is 11.1 Å². The summed E-state index contributed by atoms with van der Waals surface area (Å²) in [6.07, 6.45) is 0.486. The third-order valence-electron chi connectivity index (χ3n) is 2.01. The topological polar surface area (TPSA) is 49.1 Å². The Labute approximate surface area is 104 Å². The molecular formula is C10H14ClN3OS. The number of alkyl halides is 1. The van der Waals surface area contributed by atoms with Crippen LogP contribution in [0.5, 0.6) is 0 Å². The van der Waals surface area contributed by atoms with Crippen LogP contribution in [0.3, 0.4) is 0 Å². The van der Waals surface area contributed by atoms with Crippen LogP contribution < -0.4 is 4.90 Å². The lowest BCUT2D eigenvalue weighted by Crippen LogP contribution is -2.28. The standard InChI is InChI=1S/C10H14ClN3OS/c1-15-6-5-14(4-2-3-12)10-13-9(7-11)8-16-10/h8H,2,4-7H2,1H3. The fourth-order valence-electron chi connectivity index (χ4n) is 1.19. The fraction of sp³-hybridized carbons (Fsp3) is 0.600. The number of hydrogen-bond acceptors (Lipinski definition) is 5. The summed E-state index contributed by atoms with van der Waals surface area (Å²) >= 11 is 7.25. The molecule has 0 spiro atoms. The van der Waals surface area contributed by atoms with Gasteiger partial charge in [0.1, 0.15) is 0 Å². The van der Waals surface area contributed by atoms with Gasteiger partial charge in [-0.2, -0.15) is 5.26 Å². The first-order chi connectivity index (χ1) is 7.81. The molecule has 0 N–H and O–H groups in total. The molecule has 0 bridgehead atoms. The Balaban J connectivity index is 2.63. The van der Waals surface area contributed by atoms with E-state index >= 15 is 0 Å². The summed E-state index contributed by atoms with van der Waals surface area (Å²) in [5.41, 5.74) is 0.876. The van der Waals surface area contributed by atoms with Crippen molar-refractivity contribution in [2.24, 2.45) is 0 Å². The molecular weight excluding hydrogens is 246 g/mol. The van der Waals surface area contributed by atoms with E-state index in [1.54, 1.807) is 18.4 Å². The van der Waals surface area contributed by atoms with E-state index in [0.29, 0.717) is 25.5 Å². The lowest BCUT2D eigenvalue weighted by molar-refractivity contribution is 0.205. The number of rotatable bonds is 7. The number of aromatic nitrogens is 1. The van der Waals surface area contributed by atoms with Crippen molar-refractivity contribution in [1.82, 2.24) is 4.98 Å². The lowest BCUT2D eigenvalue weighted by atomic mass is 10.4. The van der Waals surface area contributed by atoms with Gasteiger partial charge in [0.25, 0.3) is 0 Å². The number of ether oxygens (including phenoxy) is 1. The minimum Gasteiger partial charge on any atom is -0.383 e. The quantitative estimate of drug-likeness (QED) is 0.705. The second kappa shape index (κ2) is 7.44. The van der Waals surface area contributed by atoms with Crippen molar-refractivity contribution in [3.63, 3.8) is 0 Å². The van der Waals surface area contributed by atoms with Crippen LogP contribution in [-0.4, -0.2) is 31.8 Å². The van der Waals surface area contributed by atoms with Crippen molar-refractivity contribution in [2.75, 3.05) is 31.7 Å². The smallest absolute Gasteiger partial charge is 0.185 e. The maximum Gasteiger partial charge on any atom is 0.185 e. The van der Waals surface area contributed by atoms with E-state index in [-0.39, 0.29) is 0 Å². The Kier molecular flexibility index (Phi) is 6.16. The summed E-state index contributed by atoms with van der Waals surface area (Å²) in [6, 6.07) is 2.13. The summed E-state index contributed by atoms with van der Waals surface area (Å²) in [6.45, 7) is 2.05. The minimum atomic E-state index is 0.423. The van der Waals surface area contributed by atoms with Crippen LogP contribution in [0.15, 0.2) is 5.38 Å². The van der Waals surface area contributed by atoms with Gasteiger partial charge in [-0.25, -0.2) is 4.98 Å². The number of nitriles is 1. The molecule has 88 valence electrons. The molecule has 16 heavy (non-hydrogen) atoms. The molecule has 0 amide bonds. The van der Waals surface area contributed by atoms with Crippen molar-refractivity contribution in [3.8, 4) is 6.07 Å². The van der Waals surface area contributed by atoms with E-state index < -0.39 is 0 Å². The van der Waals surface area contributed by atoms with Gasteiger partial charge in [-0.1, -0.05) is 0 Å². The predicted octanol–water partition coefficient (Wildman–Crippen LogP) is 2.25. The second-order valence-electron chi connectivity index (χ2n) is 3.14. The van der Waals surface area contributed by atoms with Gasteiger partial charge in [-0.05, 0) is 0 Å². The molecule has 0 aromatic carbocycles. The van der Waals surface area contributed by atoms with E-state index in [1.165, 1.54) is 0 Å². The maximum absolute atomic E-state index is 8.59. The molecule has 0 saturated carbocycles. The normalized spacial score (nSPS) is 10.1. The van der Waals surface area contributed by atoms with Crippen LogP contribution in [0, 0.1) is 11.3 Å². The molecule has 1 aromatic rings. The molecule has 6 heteroatoms. The van der Waals surface area contributed by atoms with Gasteiger partial charge in [0.05, 0.1) is 30.7 Å². The van der Waals surface area contributed by atoms with Crippen molar-refractivity contribution in [2.45, 2.75) is 12.3 Å². The molecule has 0 aliphatic heterocycles. The zero-order valence-electron chi connectivity index (χ0n) is 9.15. The molecule has 4 nitrogen and oxygen atoms in total. The molecule has 0 aliphatic rings. The first kappa shape index (κ1) is 13.2. The van der Waals surface area contributed by atoms with Crippen LogP contribution in [0.2, 0.25) is 0 Å². The van der Waals surface area contributed by atoms with Gasteiger partial charge in [0.2, 0.25) is 0 Å². The largest absolute Gasteiger partial charge is 0.383 e. The zero-order valence-corrected chi connectivity index (χ0v) is 10.7. The number of methoxy groups -OCH3 is 1. The number of halogens is 1. The van der Waals surface area contributed by atoms with Gasteiger partial charge >= 0.3 is 0 Å². The van der Waals surface area contributed by atoms with E-state index in [9.17, 15) is 0 Å². The van der Waals surface area contributed by atoms with Crippen molar-refractivity contribution in [1.29, 1.82) is 5.26 Å². The zero-order chi connectivity index (χ0) is 11.8. The van der Waals surface area contributed by atoms with Gasteiger partial charge in [0.15, 0.2) is 5.13 Å². The van der Waals surface area contributed by atoms with E-state index in [0.717, 1.165) is 17.4 Å². The SMILES string of the molecule is COCCN(CCC#N)c1nc(CCl)cs1. The van der Waals surface area contributed by atoms with Crippen LogP contribution in [-0.2, 0) is 10.6 Å².